The summed E-state index contributed by atoms with van der Waals surface area (Å²) in [4.78, 5) is 0. The number of halogens is 1. The van der Waals surface area contributed by atoms with Crippen LogP contribution in [0.4, 0.5) is 4.39 Å². The highest BCUT2D eigenvalue weighted by molar-refractivity contribution is 5.28. The van der Waals surface area contributed by atoms with Crippen LogP contribution in [0.25, 0.3) is 0 Å². The van der Waals surface area contributed by atoms with Gasteiger partial charge >= 0.3 is 0 Å². The molecule has 94 valence electrons. The van der Waals surface area contributed by atoms with Crippen molar-refractivity contribution in [1.29, 1.82) is 0 Å². The molecule has 0 atom stereocenters. The van der Waals surface area contributed by atoms with E-state index >= 15 is 0 Å². The lowest BCUT2D eigenvalue weighted by molar-refractivity contribution is 0.455. The number of rotatable bonds is 3. The van der Waals surface area contributed by atoms with Crippen molar-refractivity contribution in [2.75, 3.05) is 0 Å². The Morgan fingerprint density at radius 3 is 2.56 bits per heavy atom. The SMILES string of the molecule is Fc1ccc(Oc2cnn(C3CCCC3)c2)cc1. The van der Waals surface area contributed by atoms with E-state index in [0.717, 1.165) is 0 Å². The summed E-state index contributed by atoms with van der Waals surface area (Å²) in [6.07, 6.45) is 8.56. The molecule has 0 amide bonds. The van der Waals surface area contributed by atoms with Crippen LogP contribution in [-0.4, -0.2) is 9.78 Å². The predicted octanol–water partition coefficient (Wildman–Crippen LogP) is 3.93. The molecule has 1 aliphatic rings. The topological polar surface area (TPSA) is 27.1 Å². The summed E-state index contributed by atoms with van der Waals surface area (Å²) >= 11 is 0. The highest BCUT2D eigenvalue weighted by Gasteiger charge is 2.17. The minimum absolute atomic E-state index is 0.260. The van der Waals surface area contributed by atoms with Gasteiger partial charge in [-0.25, -0.2) is 4.39 Å². The third-order valence-electron chi connectivity index (χ3n) is 3.33. The standard InChI is InChI=1S/C14H15FN2O/c15-11-5-7-13(8-6-11)18-14-9-16-17(10-14)12-3-1-2-4-12/h5-10,12H,1-4H2. The van der Waals surface area contributed by atoms with Gasteiger partial charge in [0.2, 0.25) is 0 Å². The number of ether oxygens (including phenoxy) is 1. The molecule has 3 rings (SSSR count). The summed E-state index contributed by atoms with van der Waals surface area (Å²) in [7, 11) is 0. The molecule has 1 aromatic carbocycles. The molecular weight excluding hydrogens is 231 g/mol. The summed E-state index contributed by atoms with van der Waals surface area (Å²) in [6, 6.07) is 6.51. The number of hydrogen-bond donors (Lipinski definition) is 0. The van der Waals surface area contributed by atoms with Crippen LogP contribution in [0.15, 0.2) is 36.7 Å². The molecule has 18 heavy (non-hydrogen) atoms. The van der Waals surface area contributed by atoms with Crippen molar-refractivity contribution >= 4 is 0 Å². The van der Waals surface area contributed by atoms with Crippen molar-refractivity contribution in [2.45, 2.75) is 31.7 Å². The highest BCUT2D eigenvalue weighted by Crippen LogP contribution is 2.30. The minimum Gasteiger partial charge on any atom is -0.454 e. The fraction of sp³-hybridized carbons (Fsp3) is 0.357. The van der Waals surface area contributed by atoms with Crippen LogP contribution in [0.3, 0.4) is 0 Å². The van der Waals surface area contributed by atoms with Crippen LogP contribution < -0.4 is 4.74 Å². The Morgan fingerprint density at radius 2 is 1.83 bits per heavy atom. The highest BCUT2D eigenvalue weighted by atomic mass is 19.1. The van der Waals surface area contributed by atoms with Gasteiger partial charge in [-0.1, -0.05) is 12.8 Å². The Hall–Kier alpha value is -1.84. The zero-order chi connectivity index (χ0) is 12.4. The Kier molecular flexibility index (Phi) is 3.00. The second-order valence-corrected chi connectivity index (χ2v) is 4.65. The van der Waals surface area contributed by atoms with Crippen molar-refractivity contribution in [3.63, 3.8) is 0 Å². The minimum atomic E-state index is -0.260. The predicted molar refractivity (Wildman–Crippen MR) is 66.2 cm³/mol. The molecule has 1 aromatic heterocycles. The van der Waals surface area contributed by atoms with Crippen LogP contribution in [0, 0.1) is 5.82 Å². The summed E-state index contributed by atoms with van der Waals surface area (Å²) < 4.78 is 20.4. The maximum Gasteiger partial charge on any atom is 0.165 e. The van der Waals surface area contributed by atoms with Gasteiger partial charge in [0.05, 0.1) is 18.4 Å². The van der Waals surface area contributed by atoms with Crippen LogP contribution in [-0.2, 0) is 0 Å². The second kappa shape index (κ2) is 4.80. The van der Waals surface area contributed by atoms with Crippen molar-refractivity contribution in [2.24, 2.45) is 0 Å². The molecule has 0 aliphatic heterocycles. The van der Waals surface area contributed by atoms with Gasteiger partial charge in [-0.15, -0.1) is 0 Å². The lowest BCUT2D eigenvalue weighted by atomic mass is 10.3. The molecule has 0 bridgehead atoms. The number of benzene rings is 1. The van der Waals surface area contributed by atoms with E-state index in [0.29, 0.717) is 17.5 Å². The molecule has 0 N–H and O–H groups in total. The molecule has 1 saturated carbocycles. The third kappa shape index (κ3) is 2.37. The van der Waals surface area contributed by atoms with Gasteiger partial charge in [0.1, 0.15) is 11.6 Å². The smallest absolute Gasteiger partial charge is 0.165 e. The third-order valence-corrected chi connectivity index (χ3v) is 3.33. The Morgan fingerprint density at radius 1 is 1.11 bits per heavy atom. The average molecular weight is 246 g/mol. The molecule has 1 heterocycles. The molecule has 1 aliphatic carbocycles. The van der Waals surface area contributed by atoms with E-state index in [1.807, 2.05) is 10.9 Å². The van der Waals surface area contributed by atoms with Crippen LogP contribution in [0.2, 0.25) is 0 Å². The Labute approximate surface area is 105 Å². The van der Waals surface area contributed by atoms with E-state index in [1.54, 1.807) is 18.3 Å². The van der Waals surface area contributed by atoms with Gasteiger partial charge in [-0.05, 0) is 37.1 Å². The molecule has 2 aromatic rings. The first-order chi connectivity index (χ1) is 8.81. The van der Waals surface area contributed by atoms with E-state index < -0.39 is 0 Å². The number of aromatic nitrogens is 2. The van der Waals surface area contributed by atoms with Gasteiger partial charge < -0.3 is 4.74 Å². The average Bonchev–Trinajstić information content (AvgIpc) is 3.02. The lowest BCUT2D eigenvalue weighted by Gasteiger charge is -2.08. The summed E-state index contributed by atoms with van der Waals surface area (Å²) in [5, 5.41) is 4.33. The van der Waals surface area contributed by atoms with Gasteiger partial charge in [0.15, 0.2) is 5.75 Å². The molecule has 1 fully saturated rings. The van der Waals surface area contributed by atoms with Gasteiger partial charge in [0.25, 0.3) is 0 Å². The molecule has 3 nitrogen and oxygen atoms in total. The monoisotopic (exact) mass is 246 g/mol. The first-order valence-electron chi connectivity index (χ1n) is 6.29. The summed E-state index contributed by atoms with van der Waals surface area (Å²) in [5.41, 5.74) is 0. The largest absolute Gasteiger partial charge is 0.454 e. The zero-order valence-corrected chi connectivity index (χ0v) is 10.1. The number of nitrogens with zero attached hydrogens (tertiary/aromatic N) is 2. The molecule has 0 unspecified atom stereocenters. The normalized spacial score (nSPS) is 16.1. The quantitative estimate of drug-likeness (QED) is 0.820. The summed E-state index contributed by atoms with van der Waals surface area (Å²) in [5.74, 6) is 1.07. The first-order valence-corrected chi connectivity index (χ1v) is 6.29. The van der Waals surface area contributed by atoms with E-state index in [4.69, 9.17) is 4.74 Å². The van der Waals surface area contributed by atoms with Gasteiger partial charge in [0, 0.05) is 0 Å². The Balaban J connectivity index is 1.71. The molecule has 0 spiro atoms. The molecular formula is C14H15FN2O. The maximum absolute atomic E-state index is 12.8. The van der Waals surface area contributed by atoms with E-state index in [9.17, 15) is 4.39 Å². The lowest BCUT2D eigenvalue weighted by Crippen LogP contribution is -2.04. The van der Waals surface area contributed by atoms with Crippen LogP contribution >= 0.6 is 0 Å². The summed E-state index contributed by atoms with van der Waals surface area (Å²) in [6.45, 7) is 0. The maximum atomic E-state index is 12.8. The molecule has 4 heteroatoms. The van der Waals surface area contributed by atoms with E-state index in [2.05, 4.69) is 5.10 Å². The second-order valence-electron chi connectivity index (χ2n) is 4.65. The van der Waals surface area contributed by atoms with E-state index in [1.165, 1.54) is 37.8 Å². The zero-order valence-electron chi connectivity index (χ0n) is 10.1. The van der Waals surface area contributed by atoms with Crippen molar-refractivity contribution in [1.82, 2.24) is 9.78 Å². The number of hydrogen-bond acceptors (Lipinski definition) is 2. The fourth-order valence-corrected chi connectivity index (χ4v) is 2.38. The fourth-order valence-electron chi connectivity index (χ4n) is 2.38. The van der Waals surface area contributed by atoms with Crippen LogP contribution in [0.1, 0.15) is 31.7 Å². The molecule has 0 saturated heterocycles. The Bertz CT molecular complexity index is 515. The van der Waals surface area contributed by atoms with E-state index in [-0.39, 0.29) is 5.82 Å². The van der Waals surface area contributed by atoms with Crippen molar-refractivity contribution < 1.29 is 9.13 Å². The van der Waals surface area contributed by atoms with Crippen molar-refractivity contribution in [3.8, 4) is 11.5 Å². The van der Waals surface area contributed by atoms with Gasteiger partial charge in [-0.3, -0.25) is 4.68 Å². The first kappa shape index (κ1) is 11.3. The van der Waals surface area contributed by atoms with Crippen molar-refractivity contribution in [3.05, 3.63) is 42.5 Å². The molecule has 0 radical (unpaired) electrons. The van der Waals surface area contributed by atoms with Crippen LogP contribution in [0.5, 0.6) is 11.5 Å². The van der Waals surface area contributed by atoms with Gasteiger partial charge in [-0.2, -0.15) is 5.10 Å².